The first-order valence-electron chi connectivity index (χ1n) is 8.23. The average molecular weight is 476 g/mol. The quantitative estimate of drug-likeness (QED) is 0.322. The van der Waals surface area contributed by atoms with E-state index in [1.807, 2.05) is 0 Å². The van der Waals surface area contributed by atoms with E-state index in [2.05, 4.69) is 10.0 Å². The molecule has 0 saturated heterocycles. The number of benzene rings is 2. The van der Waals surface area contributed by atoms with Gasteiger partial charge >= 0.3 is 5.97 Å². The molecule has 0 heterocycles. The number of nitrogens with one attached hydrogen (secondary N) is 2. The zero-order valence-electron chi connectivity index (χ0n) is 15.1. The average Bonchev–Trinajstić information content (AvgIpc) is 2.68. The molecule has 0 bridgehead atoms. The topological polar surface area (TPSA) is 145 Å². The third-order valence-electron chi connectivity index (χ3n) is 3.54. The predicted octanol–water partition coefficient (Wildman–Crippen LogP) is 2.75. The highest BCUT2D eigenvalue weighted by molar-refractivity contribution is 7.89. The molecule has 30 heavy (non-hydrogen) atoms. The molecule has 0 aliphatic rings. The number of nitrogens with zero attached hydrogens (tertiary/aromatic N) is 1. The summed E-state index contributed by atoms with van der Waals surface area (Å²) in [5.41, 5.74) is -0.528. The molecule has 160 valence electrons. The molecule has 10 nitrogen and oxygen atoms in total. The first kappa shape index (κ1) is 23.5. The Morgan fingerprint density at radius 2 is 1.70 bits per heavy atom. The summed E-state index contributed by atoms with van der Waals surface area (Å²) in [6.45, 7) is -0.962. The minimum atomic E-state index is -3.83. The van der Waals surface area contributed by atoms with E-state index in [1.54, 1.807) is 0 Å². The van der Waals surface area contributed by atoms with Crippen molar-refractivity contribution in [1.82, 2.24) is 4.72 Å². The minimum Gasteiger partial charge on any atom is -0.456 e. The van der Waals surface area contributed by atoms with Gasteiger partial charge in [0.25, 0.3) is 11.6 Å². The molecule has 0 aromatic heterocycles. The zero-order valence-corrected chi connectivity index (χ0v) is 17.5. The Morgan fingerprint density at radius 1 is 1.07 bits per heavy atom. The number of esters is 1. The largest absolute Gasteiger partial charge is 0.456 e. The molecule has 0 fully saturated rings. The lowest BCUT2D eigenvalue weighted by molar-refractivity contribution is -0.383. The Labute approximate surface area is 181 Å². The van der Waals surface area contributed by atoms with Gasteiger partial charge in [-0.3, -0.25) is 19.7 Å². The van der Waals surface area contributed by atoms with Crippen LogP contribution in [0.2, 0.25) is 10.0 Å². The maximum Gasteiger partial charge on any atom is 0.307 e. The van der Waals surface area contributed by atoms with E-state index in [1.165, 1.54) is 36.4 Å². The molecule has 0 aliphatic carbocycles. The van der Waals surface area contributed by atoms with Crippen LogP contribution in [0.3, 0.4) is 0 Å². The number of amides is 1. The van der Waals surface area contributed by atoms with Crippen LogP contribution < -0.4 is 10.0 Å². The second kappa shape index (κ2) is 10.3. The molecule has 1 amide bonds. The van der Waals surface area contributed by atoms with Crippen molar-refractivity contribution in [3.05, 3.63) is 62.6 Å². The number of hydrogen-bond acceptors (Lipinski definition) is 7. The van der Waals surface area contributed by atoms with Gasteiger partial charge in [-0.15, -0.1) is 0 Å². The van der Waals surface area contributed by atoms with E-state index >= 15 is 0 Å². The van der Waals surface area contributed by atoms with Gasteiger partial charge in [-0.05, 0) is 36.4 Å². The standard InChI is InChI=1S/C17H15Cl2N3O7S/c18-11-1-4-13(5-2-11)30(27,28)20-8-7-17(24)29-10-16(23)21-14-6-3-12(19)9-15(14)22(25)26/h1-6,9,20H,7-8,10H2,(H,21,23). The molecule has 2 rings (SSSR count). The minimum absolute atomic E-state index is 0.0239. The van der Waals surface area contributed by atoms with Crippen molar-refractivity contribution in [3.8, 4) is 0 Å². The van der Waals surface area contributed by atoms with E-state index in [-0.39, 0.29) is 28.6 Å². The van der Waals surface area contributed by atoms with E-state index in [9.17, 15) is 28.1 Å². The second-order valence-corrected chi connectivity index (χ2v) is 8.37. The highest BCUT2D eigenvalue weighted by Gasteiger charge is 2.18. The maximum absolute atomic E-state index is 12.1. The Kier molecular flexibility index (Phi) is 8.12. The summed E-state index contributed by atoms with van der Waals surface area (Å²) in [4.78, 5) is 33.8. The van der Waals surface area contributed by atoms with E-state index in [0.717, 1.165) is 6.07 Å². The van der Waals surface area contributed by atoms with Crippen molar-refractivity contribution in [3.63, 3.8) is 0 Å². The number of nitro benzene ring substituents is 1. The highest BCUT2D eigenvalue weighted by Crippen LogP contribution is 2.27. The van der Waals surface area contributed by atoms with Crippen molar-refractivity contribution in [2.75, 3.05) is 18.5 Å². The van der Waals surface area contributed by atoms with Crippen LogP contribution in [-0.4, -0.2) is 38.4 Å². The van der Waals surface area contributed by atoms with Gasteiger partial charge in [-0.25, -0.2) is 13.1 Å². The van der Waals surface area contributed by atoms with Crippen LogP contribution in [0.5, 0.6) is 0 Å². The fourth-order valence-electron chi connectivity index (χ4n) is 2.15. The molecule has 0 saturated carbocycles. The lowest BCUT2D eigenvalue weighted by Gasteiger charge is -2.08. The van der Waals surface area contributed by atoms with E-state index < -0.39 is 39.1 Å². The molecule has 2 aromatic carbocycles. The van der Waals surface area contributed by atoms with Crippen molar-refractivity contribution in [1.29, 1.82) is 0 Å². The number of carbonyl (C=O) groups is 2. The molecular weight excluding hydrogens is 461 g/mol. The summed E-state index contributed by atoms with van der Waals surface area (Å²) < 4.78 is 31.1. The molecule has 0 spiro atoms. The van der Waals surface area contributed by atoms with Gasteiger partial charge in [0.05, 0.1) is 16.2 Å². The Hall–Kier alpha value is -2.73. The number of hydrogen-bond donors (Lipinski definition) is 2. The maximum atomic E-state index is 12.1. The fourth-order valence-corrected chi connectivity index (χ4v) is 3.47. The summed E-state index contributed by atoms with van der Waals surface area (Å²) in [7, 11) is -3.83. The van der Waals surface area contributed by atoms with Crippen LogP contribution >= 0.6 is 23.2 Å². The van der Waals surface area contributed by atoms with Crippen LogP contribution in [-0.2, 0) is 24.3 Å². The third-order valence-corrected chi connectivity index (χ3v) is 5.50. The highest BCUT2D eigenvalue weighted by atomic mass is 35.5. The van der Waals surface area contributed by atoms with E-state index in [4.69, 9.17) is 27.9 Å². The smallest absolute Gasteiger partial charge is 0.307 e. The summed E-state index contributed by atoms with van der Waals surface area (Å²) in [6, 6.07) is 9.10. The van der Waals surface area contributed by atoms with Crippen LogP contribution in [0.4, 0.5) is 11.4 Å². The van der Waals surface area contributed by atoms with Crippen LogP contribution in [0.15, 0.2) is 47.4 Å². The summed E-state index contributed by atoms with van der Waals surface area (Å²) >= 11 is 11.4. The molecule has 0 radical (unpaired) electrons. The number of sulfonamides is 1. The number of halogens is 2. The van der Waals surface area contributed by atoms with Crippen molar-refractivity contribution < 1.29 is 27.7 Å². The van der Waals surface area contributed by atoms with Gasteiger partial charge in [0.15, 0.2) is 6.61 Å². The first-order valence-corrected chi connectivity index (χ1v) is 10.5. The number of anilines is 1. The van der Waals surface area contributed by atoms with Crippen LogP contribution in [0, 0.1) is 10.1 Å². The number of nitro groups is 1. The molecular formula is C17H15Cl2N3O7S. The Morgan fingerprint density at radius 3 is 2.33 bits per heavy atom. The lowest BCUT2D eigenvalue weighted by atomic mass is 10.2. The zero-order chi connectivity index (χ0) is 22.3. The third kappa shape index (κ3) is 6.95. The molecule has 2 aromatic rings. The Balaban J connectivity index is 1.80. The number of rotatable bonds is 9. The van der Waals surface area contributed by atoms with Gasteiger partial charge in [-0.2, -0.15) is 0 Å². The molecule has 2 N–H and O–H groups in total. The van der Waals surface area contributed by atoms with Gasteiger partial charge in [-0.1, -0.05) is 23.2 Å². The van der Waals surface area contributed by atoms with Crippen LogP contribution in [0.25, 0.3) is 0 Å². The Bertz CT molecular complexity index is 1060. The lowest BCUT2D eigenvalue weighted by Crippen LogP contribution is -2.28. The molecule has 0 aliphatic heterocycles. The first-order chi connectivity index (χ1) is 14.1. The fraction of sp³-hybridized carbons (Fsp3) is 0.176. The van der Waals surface area contributed by atoms with Gasteiger partial charge in [0, 0.05) is 22.7 Å². The summed E-state index contributed by atoms with van der Waals surface area (Å²) in [5.74, 6) is -1.65. The van der Waals surface area contributed by atoms with Gasteiger partial charge in [0.2, 0.25) is 10.0 Å². The number of carbonyl (C=O) groups excluding carboxylic acids is 2. The summed E-state index contributed by atoms with van der Waals surface area (Å²) in [6.07, 6.45) is -0.332. The molecule has 0 atom stereocenters. The predicted molar refractivity (Wildman–Crippen MR) is 109 cm³/mol. The van der Waals surface area contributed by atoms with Gasteiger partial charge in [0.1, 0.15) is 5.69 Å². The van der Waals surface area contributed by atoms with Gasteiger partial charge < -0.3 is 10.1 Å². The molecule has 0 unspecified atom stereocenters. The number of ether oxygens (including phenoxy) is 1. The normalized spacial score (nSPS) is 11.0. The summed E-state index contributed by atoms with van der Waals surface area (Å²) in [5, 5.41) is 13.7. The van der Waals surface area contributed by atoms with Crippen molar-refractivity contribution in [2.24, 2.45) is 0 Å². The van der Waals surface area contributed by atoms with Crippen LogP contribution in [0.1, 0.15) is 6.42 Å². The SMILES string of the molecule is O=C(COC(=O)CCNS(=O)(=O)c1ccc(Cl)cc1)Nc1ccc(Cl)cc1[N+](=O)[O-]. The van der Waals surface area contributed by atoms with E-state index in [0.29, 0.717) is 5.02 Å². The second-order valence-electron chi connectivity index (χ2n) is 5.73. The van der Waals surface area contributed by atoms with Crippen molar-refractivity contribution in [2.45, 2.75) is 11.3 Å². The molecule has 13 heteroatoms. The monoisotopic (exact) mass is 475 g/mol. The van der Waals surface area contributed by atoms with Crippen molar-refractivity contribution >= 4 is 56.5 Å².